The normalized spacial score (nSPS) is 12.3. The van der Waals surface area contributed by atoms with Crippen LogP contribution in [0.25, 0.3) is 52.7 Å². The molecule has 0 fully saturated rings. The van der Waals surface area contributed by atoms with E-state index in [1.54, 1.807) is 40.2 Å². The molecule has 43 heavy (non-hydrogen) atoms. The molecule has 0 unspecified atom stereocenters. The van der Waals surface area contributed by atoms with Crippen molar-refractivity contribution in [2.24, 2.45) is 0 Å². The van der Waals surface area contributed by atoms with Gasteiger partial charge in [0.25, 0.3) is 0 Å². The summed E-state index contributed by atoms with van der Waals surface area (Å²) in [5.74, 6) is -0.705. The number of aromatic nitrogens is 3. The Balaban J connectivity index is 1.26. The maximum Gasteiger partial charge on any atom is 0.335 e. The fourth-order valence-corrected chi connectivity index (χ4v) is 7.79. The lowest BCUT2D eigenvalue weighted by Crippen LogP contribution is -2.14. The van der Waals surface area contributed by atoms with Gasteiger partial charge in [0.1, 0.15) is 13.2 Å². The number of fused-ring (bicyclic) bond motifs is 1. The number of hydrogen-bond donors (Lipinski definition) is 2. The molecule has 0 aliphatic carbocycles. The van der Waals surface area contributed by atoms with E-state index in [1.165, 1.54) is 30.5 Å². The Bertz CT molecular complexity index is 2020. The second-order valence-corrected chi connectivity index (χ2v) is 12.4. The predicted octanol–water partition coefficient (Wildman–Crippen LogP) is 7.56. The molecule has 0 atom stereocenters. The summed E-state index contributed by atoms with van der Waals surface area (Å²) >= 11 is 4.92. The zero-order chi connectivity index (χ0) is 29.5. The zero-order valence-electron chi connectivity index (χ0n) is 22.0. The van der Waals surface area contributed by atoms with E-state index in [9.17, 15) is 19.8 Å². The largest absolute Gasteiger partial charge is 0.485 e. The van der Waals surface area contributed by atoms with Gasteiger partial charge in [-0.3, -0.25) is 9.97 Å². The molecule has 6 aromatic rings. The van der Waals surface area contributed by atoms with Crippen molar-refractivity contribution in [3.8, 4) is 64.2 Å². The molecule has 7 rings (SSSR count). The molecule has 212 valence electrons. The highest BCUT2D eigenvalue weighted by atomic mass is 32.1. The van der Waals surface area contributed by atoms with E-state index in [-0.39, 0.29) is 22.5 Å². The molecule has 1 aliphatic rings. The van der Waals surface area contributed by atoms with Gasteiger partial charge in [-0.25, -0.2) is 14.6 Å². The number of nitrogens with zero attached hydrogens (tertiary/aromatic N) is 3. The standard InChI is InChI=1S/C31H19N3O6S3/c35-30(36)17-6-8-33-20(13-17)22-15-18(31(37)38)14-21(34-22)19-12-16(5-7-32-19)23-3-4-25(42-23)29-27-26(39-9-10-40-27)28(43-29)24-2-1-11-41-24/h1-8,11-15H,9-10H2,(H,35,36)(H,37,38). The monoisotopic (exact) mass is 625 g/mol. The Morgan fingerprint density at radius 1 is 0.674 bits per heavy atom. The van der Waals surface area contributed by atoms with Gasteiger partial charge in [-0.15, -0.1) is 34.0 Å². The van der Waals surface area contributed by atoms with Crippen LogP contribution in [0.15, 0.2) is 78.4 Å². The highest BCUT2D eigenvalue weighted by Gasteiger charge is 2.27. The molecule has 6 aromatic heterocycles. The molecule has 9 nitrogen and oxygen atoms in total. The van der Waals surface area contributed by atoms with Crippen LogP contribution in [0.4, 0.5) is 0 Å². The van der Waals surface area contributed by atoms with E-state index < -0.39 is 11.9 Å². The summed E-state index contributed by atoms with van der Waals surface area (Å²) in [4.78, 5) is 42.0. The molecular formula is C31H19N3O6S3. The number of pyridine rings is 3. The molecule has 0 aromatic carbocycles. The molecule has 7 heterocycles. The first-order chi connectivity index (χ1) is 20.9. The Morgan fingerprint density at radius 3 is 1.98 bits per heavy atom. The number of thiophene rings is 3. The van der Waals surface area contributed by atoms with Crippen molar-refractivity contribution >= 4 is 45.9 Å². The van der Waals surface area contributed by atoms with Gasteiger partial charge in [0.2, 0.25) is 0 Å². The second kappa shape index (κ2) is 11.1. The van der Waals surface area contributed by atoms with Crippen molar-refractivity contribution in [1.82, 2.24) is 15.0 Å². The van der Waals surface area contributed by atoms with Crippen LogP contribution in [0, 0.1) is 0 Å². The Labute approximate surface area is 256 Å². The van der Waals surface area contributed by atoms with Crippen LogP contribution in [0.2, 0.25) is 0 Å². The highest BCUT2D eigenvalue weighted by molar-refractivity contribution is 7.27. The van der Waals surface area contributed by atoms with Gasteiger partial charge < -0.3 is 19.7 Å². The van der Waals surface area contributed by atoms with Crippen LogP contribution in [0.5, 0.6) is 11.5 Å². The molecule has 0 spiro atoms. The van der Waals surface area contributed by atoms with Crippen LogP contribution < -0.4 is 9.47 Å². The summed E-state index contributed by atoms with van der Waals surface area (Å²) in [6.45, 7) is 1.00. The third kappa shape index (κ3) is 5.16. The van der Waals surface area contributed by atoms with Gasteiger partial charge >= 0.3 is 11.9 Å². The summed E-state index contributed by atoms with van der Waals surface area (Å²) < 4.78 is 12.1. The van der Waals surface area contributed by atoms with Crippen molar-refractivity contribution in [2.75, 3.05) is 13.2 Å². The quantitative estimate of drug-likeness (QED) is 0.184. The number of hydrogen-bond acceptors (Lipinski definition) is 10. The molecular weight excluding hydrogens is 607 g/mol. The number of rotatable bonds is 7. The smallest absolute Gasteiger partial charge is 0.335 e. The van der Waals surface area contributed by atoms with Crippen LogP contribution >= 0.6 is 34.0 Å². The summed E-state index contributed by atoms with van der Waals surface area (Å²) in [6.07, 6.45) is 3.01. The predicted molar refractivity (Wildman–Crippen MR) is 166 cm³/mol. The summed E-state index contributed by atoms with van der Waals surface area (Å²) in [5.41, 5.74) is 2.17. The minimum absolute atomic E-state index is 0.0145. The molecule has 0 saturated heterocycles. The number of carboxylic acids is 2. The lowest BCUT2D eigenvalue weighted by molar-refractivity contribution is 0.0686. The molecule has 12 heteroatoms. The van der Waals surface area contributed by atoms with E-state index in [0.29, 0.717) is 24.6 Å². The average Bonchev–Trinajstić information content (AvgIpc) is 3.81. The zero-order valence-corrected chi connectivity index (χ0v) is 24.5. The van der Waals surface area contributed by atoms with Gasteiger partial charge in [0, 0.05) is 27.0 Å². The van der Waals surface area contributed by atoms with Gasteiger partial charge in [0.15, 0.2) is 11.5 Å². The number of carboxylic acid groups (broad SMARTS) is 2. The maximum absolute atomic E-state index is 12.0. The molecule has 0 saturated carbocycles. The van der Waals surface area contributed by atoms with Crippen LogP contribution in [0.1, 0.15) is 20.7 Å². The Morgan fingerprint density at radius 2 is 1.30 bits per heavy atom. The summed E-state index contributed by atoms with van der Waals surface area (Å²) in [5, 5.41) is 21.2. The van der Waals surface area contributed by atoms with E-state index in [2.05, 4.69) is 27.1 Å². The average molecular weight is 626 g/mol. The first kappa shape index (κ1) is 27.0. The Hall–Kier alpha value is -4.91. The van der Waals surface area contributed by atoms with Gasteiger partial charge in [-0.1, -0.05) is 6.07 Å². The fourth-order valence-electron chi connectivity index (χ4n) is 4.64. The molecule has 1 aliphatic heterocycles. The topological polar surface area (TPSA) is 132 Å². The van der Waals surface area contributed by atoms with Gasteiger partial charge in [-0.2, -0.15) is 0 Å². The fraction of sp³-hybridized carbons (Fsp3) is 0.0645. The van der Waals surface area contributed by atoms with E-state index in [4.69, 9.17) is 9.47 Å². The number of aromatic carboxylic acids is 2. The third-order valence-corrected chi connectivity index (χ3v) is 10.1. The van der Waals surface area contributed by atoms with Gasteiger partial charge in [0.05, 0.1) is 43.7 Å². The van der Waals surface area contributed by atoms with Crippen molar-refractivity contribution in [3.63, 3.8) is 0 Å². The van der Waals surface area contributed by atoms with E-state index in [1.807, 2.05) is 29.6 Å². The van der Waals surface area contributed by atoms with Gasteiger partial charge in [-0.05, 0) is 65.5 Å². The number of ether oxygens (including phenoxy) is 2. The molecule has 2 N–H and O–H groups in total. The second-order valence-electron chi connectivity index (χ2n) is 9.35. The molecule has 0 bridgehead atoms. The van der Waals surface area contributed by atoms with Crippen LogP contribution in [-0.2, 0) is 0 Å². The SMILES string of the molecule is O=C(O)c1ccnc(-c2cc(C(=O)O)cc(-c3cc(-c4ccc(-c5sc(-c6cccs6)c6c5OCCO6)s4)ccn3)n2)c1. The third-order valence-electron chi connectivity index (χ3n) is 6.62. The lowest BCUT2D eigenvalue weighted by Gasteiger charge is -2.16. The highest BCUT2D eigenvalue weighted by Crippen LogP contribution is 2.55. The maximum atomic E-state index is 12.0. The first-order valence-corrected chi connectivity index (χ1v) is 15.4. The minimum atomic E-state index is -1.15. The van der Waals surface area contributed by atoms with E-state index in [0.717, 1.165) is 41.4 Å². The molecule has 0 amide bonds. The van der Waals surface area contributed by atoms with Crippen molar-refractivity contribution in [2.45, 2.75) is 0 Å². The molecule has 0 radical (unpaired) electrons. The van der Waals surface area contributed by atoms with Crippen LogP contribution in [-0.4, -0.2) is 50.3 Å². The minimum Gasteiger partial charge on any atom is -0.485 e. The van der Waals surface area contributed by atoms with Crippen molar-refractivity contribution in [1.29, 1.82) is 0 Å². The van der Waals surface area contributed by atoms with Crippen LogP contribution in [0.3, 0.4) is 0 Å². The van der Waals surface area contributed by atoms with Crippen molar-refractivity contribution in [3.05, 3.63) is 89.6 Å². The Kier molecular flexibility index (Phi) is 6.93. The lowest BCUT2D eigenvalue weighted by atomic mass is 10.1. The number of carbonyl (C=O) groups is 2. The summed E-state index contributed by atoms with van der Waals surface area (Å²) in [7, 11) is 0. The van der Waals surface area contributed by atoms with Crippen molar-refractivity contribution < 1.29 is 29.3 Å². The first-order valence-electron chi connectivity index (χ1n) is 12.9. The summed E-state index contributed by atoms with van der Waals surface area (Å²) in [6, 6.07) is 17.5. The van der Waals surface area contributed by atoms with E-state index >= 15 is 0 Å².